The molecule has 7 nitrogen and oxygen atoms in total. The highest BCUT2D eigenvalue weighted by atomic mass is 127. The number of benzene rings is 1. The number of likely N-dealkylation sites (tertiary alicyclic amines) is 1. The Labute approximate surface area is 191 Å². The zero-order valence-electron chi connectivity index (χ0n) is 18.1. The second-order valence-electron chi connectivity index (χ2n) is 8.29. The Bertz CT molecular complexity index is 730. The van der Waals surface area contributed by atoms with Crippen LogP contribution in [0.1, 0.15) is 44.7 Å². The monoisotopic (exact) mass is 515 g/mol. The molecular weight excluding hydrogens is 481 g/mol. The Balaban J connectivity index is 0.00000420. The number of guanidine groups is 1. The first-order chi connectivity index (χ1) is 13.2. The van der Waals surface area contributed by atoms with Crippen LogP contribution in [0.3, 0.4) is 0 Å². The summed E-state index contributed by atoms with van der Waals surface area (Å²) in [5.41, 5.74) is 1.98. The molecule has 0 atom stereocenters. The van der Waals surface area contributed by atoms with Crippen LogP contribution in [0.2, 0.25) is 0 Å². The van der Waals surface area contributed by atoms with Gasteiger partial charge in [-0.3, -0.25) is 14.6 Å². The molecule has 1 heterocycles. The fourth-order valence-corrected chi connectivity index (χ4v) is 3.24. The van der Waals surface area contributed by atoms with Gasteiger partial charge in [0.1, 0.15) is 0 Å². The first-order valence-electron chi connectivity index (χ1n) is 9.76. The lowest BCUT2D eigenvalue weighted by molar-refractivity contribution is -0.128. The normalized spacial score (nSPS) is 14.4. The summed E-state index contributed by atoms with van der Waals surface area (Å²) < 4.78 is 0. The Morgan fingerprint density at radius 1 is 1.28 bits per heavy atom. The molecule has 1 aromatic rings. The summed E-state index contributed by atoms with van der Waals surface area (Å²) in [5.74, 6) is 0.846. The van der Waals surface area contributed by atoms with E-state index in [-0.39, 0.29) is 47.9 Å². The lowest BCUT2D eigenvalue weighted by Crippen LogP contribution is -2.48. The van der Waals surface area contributed by atoms with Crippen molar-refractivity contribution < 1.29 is 9.59 Å². The van der Waals surface area contributed by atoms with Crippen LogP contribution in [0, 0.1) is 0 Å². The summed E-state index contributed by atoms with van der Waals surface area (Å²) in [6.45, 7) is 8.21. The van der Waals surface area contributed by atoms with Crippen molar-refractivity contribution in [3.05, 3.63) is 35.4 Å². The van der Waals surface area contributed by atoms with E-state index in [0.29, 0.717) is 25.5 Å². The number of hydrogen-bond donors (Lipinski definition) is 2. The second-order valence-corrected chi connectivity index (χ2v) is 8.29. The Kier molecular flexibility index (Phi) is 9.88. The summed E-state index contributed by atoms with van der Waals surface area (Å²) in [6.07, 6.45) is 1.61. The van der Waals surface area contributed by atoms with Gasteiger partial charge in [-0.15, -0.1) is 24.0 Å². The molecule has 8 heteroatoms. The van der Waals surface area contributed by atoms with E-state index in [0.717, 1.165) is 24.1 Å². The van der Waals surface area contributed by atoms with Gasteiger partial charge in [0, 0.05) is 45.7 Å². The number of carbonyl (C=O) groups excluding carboxylic acids is 2. The van der Waals surface area contributed by atoms with Gasteiger partial charge >= 0.3 is 0 Å². The average Bonchev–Trinajstić information content (AvgIpc) is 2.99. The smallest absolute Gasteiger partial charge is 0.240 e. The van der Waals surface area contributed by atoms with Crippen LogP contribution >= 0.6 is 24.0 Å². The van der Waals surface area contributed by atoms with Crippen LogP contribution in [-0.2, 0) is 22.7 Å². The SMILES string of the molecule is CN=C(NCc1cccc(CN2CCCC2=O)c1)N(C)CC(=O)NC(C)(C)C.I. The van der Waals surface area contributed by atoms with E-state index >= 15 is 0 Å². The predicted molar refractivity (Wildman–Crippen MR) is 127 cm³/mol. The highest BCUT2D eigenvalue weighted by Crippen LogP contribution is 2.15. The average molecular weight is 515 g/mol. The summed E-state index contributed by atoms with van der Waals surface area (Å²) >= 11 is 0. The minimum absolute atomic E-state index is 0. The molecule has 1 aromatic carbocycles. The molecular formula is C21H34IN5O2. The third-order valence-corrected chi connectivity index (χ3v) is 4.46. The number of carbonyl (C=O) groups is 2. The lowest BCUT2D eigenvalue weighted by atomic mass is 10.1. The number of rotatable bonds is 6. The maximum absolute atomic E-state index is 12.1. The van der Waals surface area contributed by atoms with Gasteiger partial charge in [0.2, 0.25) is 11.8 Å². The number of hydrogen-bond acceptors (Lipinski definition) is 3. The van der Waals surface area contributed by atoms with E-state index in [4.69, 9.17) is 0 Å². The number of likely N-dealkylation sites (N-methyl/N-ethyl adjacent to an activating group) is 1. The van der Waals surface area contributed by atoms with Crippen molar-refractivity contribution in [2.45, 2.75) is 52.2 Å². The van der Waals surface area contributed by atoms with Crippen LogP contribution in [0.25, 0.3) is 0 Å². The summed E-state index contributed by atoms with van der Waals surface area (Å²) in [6, 6.07) is 8.21. The summed E-state index contributed by atoms with van der Waals surface area (Å²) in [4.78, 5) is 31.9. The Morgan fingerprint density at radius 2 is 1.97 bits per heavy atom. The van der Waals surface area contributed by atoms with E-state index in [9.17, 15) is 9.59 Å². The van der Waals surface area contributed by atoms with Crippen LogP contribution < -0.4 is 10.6 Å². The molecule has 0 bridgehead atoms. The van der Waals surface area contributed by atoms with Crippen molar-refractivity contribution in [1.82, 2.24) is 20.4 Å². The molecule has 1 saturated heterocycles. The summed E-state index contributed by atoms with van der Waals surface area (Å²) in [7, 11) is 3.54. The quantitative estimate of drug-likeness (QED) is 0.347. The molecule has 0 aromatic heterocycles. The summed E-state index contributed by atoms with van der Waals surface area (Å²) in [5, 5.41) is 6.25. The number of nitrogens with zero attached hydrogens (tertiary/aromatic N) is 3. The Hall–Kier alpha value is -1.84. The largest absolute Gasteiger partial charge is 0.352 e. The molecule has 0 unspecified atom stereocenters. The first-order valence-corrected chi connectivity index (χ1v) is 9.76. The van der Waals surface area contributed by atoms with Crippen molar-refractivity contribution in [3.63, 3.8) is 0 Å². The van der Waals surface area contributed by atoms with Crippen LogP contribution in [0.4, 0.5) is 0 Å². The van der Waals surface area contributed by atoms with E-state index in [1.54, 1.807) is 11.9 Å². The maximum atomic E-state index is 12.1. The van der Waals surface area contributed by atoms with E-state index < -0.39 is 0 Å². The van der Waals surface area contributed by atoms with Crippen LogP contribution in [0.15, 0.2) is 29.3 Å². The molecule has 1 aliphatic heterocycles. The molecule has 1 aliphatic rings. The van der Waals surface area contributed by atoms with E-state index in [1.165, 1.54) is 0 Å². The highest BCUT2D eigenvalue weighted by Gasteiger charge is 2.20. The Morgan fingerprint density at radius 3 is 2.55 bits per heavy atom. The van der Waals surface area contributed by atoms with Gasteiger partial charge in [-0.2, -0.15) is 0 Å². The van der Waals surface area contributed by atoms with Crippen molar-refractivity contribution in [2.24, 2.45) is 4.99 Å². The third-order valence-electron chi connectivity index (χ3n) is 4.46. The van der Waals surface area contributed by atoms with Gasteiger partial charge in [-0.1, -0.05) is 24.3 Å². The number of aliphatic imine (C=N–C) groups is 1. The van der Waals surface area contributed by atoms with Crippen LogP contribution in [-0.4, -0.2) is 60.3 Å². The molecule has 2 N–H and O–H groups in total. The second kappa shape index (κ2) is 11.4. The molecule has 1 fully saturated rings. The van der Waals surface area contributed by atoms with Gasteiger partial charge in [-0.25, -0.2) is 0 Å². The number of halogens is 1. The first kappa shape index (κ1) is 25.2. The van der Waals surface area contributed by atoms with Gasteiger partial charge in [-0.05, 0) is 38.3 Å². The van der Waals surface area contributed by atoms with Crippen molar-refractivity contribution in [1.29, 1.82) is 0 Å². The highest BCUT2D eigenvalue weighted by molar-refractivity contribution is 14.0. The van der Waals surface area contributed by atoms with E-state index in [2.05, 4.69) is 21.7 Å². The zero-order chi connectivity index (χ0) is 20.7. The fraction of sp³-hybridized carbons (Fsp3) is 0.571. The standard InChI is InChI=1S/C21H33N5O2.HI/c1-21(2,3)24-18(27)15-25(5)20(22-4)23-13-16-8-6-9-17(12-16)14-26-11-7-10-19(26)28;/h6,8-9,12H,7,10-11,13-15H2,1-5H3,(H,22,23)(H,24,27);1H. The van der Waals surface area contributed by atoms with Crippen LogP contribution in [0.5, 0.6) is 0 Å². The minimum atomic E-state index is -0.258. The topological polar surface area (TPSA) is 77.0 Å². The van der Waals surface area contributed by atoms with Gasteiger partial charge in [0.05, 0.1) is 6.54 Å². The molecule has 2 amide bonds. The van der Waals surface area contributed by atoms with Gasteiger partial charge < -0.3 is 20.4 Å². The van der Waals surface area contributed by atoms with Gasteiger partial charge in [0.15, 0.2) is 5.96 Å². The zero-order valence-corrected chi connectivity index (χ0v) is 20.4. The molecule has 0 aliphatic carbocycles. The molecule has 2 rings (SSSR count). The number of amides is 2. The van der Waals surface area contributed by atoms with Crippen molar-refractivity contribution in [2.75, 3.05) is 27.2 Å². The maximum Gasteiger partial charge on any atom is 0.240 e. The third kappa shape index (κ3) is 8.59. The molecule has 29 heavy (non-hydrogen) atoms. The molecule has 0 radical (unpaired) electrons. The fourth-order valence-electron chi connectivity index (χ4n) is 3.24. The van der Waals surface area contributed by atoms with Crippen molar-refractivity contribution >= 4 is 41.8 Å². The molecule has 162 valence electrons. The molecule has 0 saturated carbocycles. The lowest BCUT2D eigenvalue weighted by Gasteiger charge is -2.25. The predicted octanol–water partition coefficient (Wildman–Crippen LogP) is 2.35. The minimum Gasteiger partial charge on any atom is -0.352 e. The number of nitrogens with one attached hydrogen (secondary N) is 2. The van der Waals surface area contributed by atoms with E-state index in [1.807, 2.05) is 50.9 Å². The van der Waals surface area contributed by atoms with Gasteiger partial charge in [0.25, 0.3) is 0 Å². The van der Waals surface area contributed by atoms with Crippen molar-refractivity contribution in [3.8, 4) is 0 Å². The molecule has 0 spiro atoms.